The molecule has 1 saturated carbocycles. The first-order valence-corrected chi connectivity index (χ1v) is 7.42. The Kier molecular flexibility index (Phi) is 3.56. The molecule has 1 aliphatic carbocycles. The maximum Gasteiger partial charge on any atom is 0.0706 e. The zero-order chi connectivity index (χ0) is 13.2. The molecule has 0 aliphatic heterocycles. The monoisotopic (exact) mass is 257 g/mol. The summed E-state index contributed by atoms with van der Waals surface area (Å²) in [6.07, 6.45) is 7.42. The summed E-state index contributed by atoms with van der Waals surface area (Å²) in [5.41, 5.74) is 8.79. The summed E-state index contributed by atoms with van der Waals surface area (Å²) in [5.74, 6) is 0.598. The van der Waals surface area contributed by atoms with Crippen molar-refractivity contribution >= 4 is 10.9 Å². The highest BCUT2D eigenvalue weighted by Crippen LogP contribution is 2.27. The van der Waals surface area contributed by atoms with E-state index in [1.807, 2.05) is 11.7 Å². The number of benzene rings is 1. The lowest BCUT2D eigenvalue weighted by atomic mass is 9.90. The Morgan fingerprint density at radius 2 is 2.00 bits per heavy atom. The molecule has 1 heterocycles. The van der Waals surface area contributed by atoms with Gasteiger partial charge in [-0.05, 0) is 31.2 Å². The van der Waals surface area contributed by atoms with Gasteiger partial charge >= 0.3 is 0 Å². The number of para-hydroxylation sites is 1. The SMILES string of the molecule is Cn1nc(CC2CCCCCC2N)c2ccccc21. The van der Waals surface area contributed by atoms with Crippen LogP contribution in [0.4, 0.5) is 0 Å². The number of rotatable bonds is 2. The van der Waals surface area contributed by atoms with Crippen molar-refractivity contribution in [3.63, 3.8) is 0 Å². The molecule has 2 atom stereocenters. The van der Waals surface area contributed by atoms with E-state index < -0.39 is 0 Å². The zero-order valence-corrected chi connectivity index (χ0v) is 11.7. The van der Waals surface area contributed by atoms with Crippen LogP contribution >= 0.6 is 0 Å². The van der Waals surface area contributed by atoms with Crippen LogP contribution in [0.5, 0.6) is 0 Å². The van der Waals surface area contributed by atoms with Crippen molar-refractivity contribution in [1.82, 2.24) is 9.78 Å². The second-order valence-electron chi connectivity index (χ2n) is 5.85. The molecule has 3 rings (SSSR count). The normalized spacial score (nSPS) is 24.5. The van der Waals surface area contributed by atoms with Crippen molar-refractivity contribution in [3.05, 3.63) is 30.0 Å². The number of fused-ring (bicyclic) bond motifs is 1. The summed E-state index contributed by atoms with van der Waals surface area (Å²) in [7, 11) is 2.03. The third kappa shape index (κ3) is 2.52. The quantitative estimate of drug-likeness (QED) is 0.840. The second-order valence-corrected chi connectivity index (χ2v) is 5.85. The Labute approximate surface area is 114 Å². The van der Waals surface area contributed by atoms with Crippen LogP contribution in [0.3, 0.4) is 0 Å². The second kappa shape index (κ2) is 5.33. The van der Waals surface area contributed by atoms with Crippen LogP contribution < -0.4 is 5.73 Å². The standard InChI is InChI=1S/C16H23N3/c1-19-16-10-6-5-8-13(16)15(18-19)11-12-7-3-2-4-9-14(12)17/h5-6,8,10,12,14H,2-4,7,9,11,17H2,1H3. The highest BCUT2D eigenvalue weighted by Gasteiger charge is 2.22. The lowest BCUT2D eigenvalue weighted by Crippen LogP contribution is -2.30. The lowest BCUT2D eigenvalue weighted by Gasteiger charge is -2.20. The van der Waals surface area contributed by atoms with Gasteiger partial charge in [0.25, 0.3) is 0 Å². The van der Waals surface area contributed by atoms with Crippen LogP contribution in [0.25, 0.3) is 10.9 Å². The first-order valence-electron chi connectivity index (χ1n) is 7.42. The molecular weight excluding hydrogens is 234 g/mol. The van der Waals surface area contributed by atoms with Gasteiger partial charge in [0.2, 0.25) is 0 Å². The van der Waals surface area contributed by atoms with Crippen molar-refractivity contribution in [2.45, 2.75) is 44.6 Å². The maximum atomic E-state index is 6.34. The van der Waals surface area contributed by atoms with Crippen molar-refractivity contribution in [3.8, 4) is 0 Å². The number of hydrogen-bond acceptors (Lipinski definition) is 2. The molecule has 2 unspecified atom stereocenters. The number of aryl methyl sites for hydroxylation is 1. The molecule has 102 valence electrons. The number of hydrogen-bond donors (Lipinski definition) is 1. The Hall–Kier alpha value is -1.35. The van der Waals surface area contributed by atoms with E-state index >= 15 is 0 Å². The highest BCUT2D eigenvalue weighted by molar-refractivity contribution is 5.81. The predicted octanol–water partition coefficient (Wildman–Crippen LogP) is 3.02. The van der Waals surface area contributed by atoms with E-state index in [0.717, 1.165) is 6.42 Å². The number of nitrogens with zero attached hydrogens (tertiary/aromatic N) is 2. The van der Waals surface area contributed by atoms with E-state index in [4.69, 9.17) is 10.8 Å². The van der Waals surface area contributed by atoms with E-state index in [2.05, 4.69) is 24.3 Å². The van der Waals surface area contributed by atoms with E-state index in [1.54, 1.807) is 0 Å². The summed E-state index contributed by atoms with van der Waals surface area (Å²) < 4.78 is 1.99. The van der Waals surface area contributed by atoms with Crippen LogP contribution in [-0.4, -0.2) is 15.8 Å². The molecule has 1 aliphatic rings. The van der Waals surface area contributed by atoms with Crippen LogP contribution in [-0.2, 0) is 13.5 Å². The van der Waals surface area contributed by atoms with Gasteiger partial charge in [0.1, 0.15) is 0 Å². The molecule has 0 radical (unpaired) electrons. The van der Waals surface area contributed by atoms with Gasteiger partial charge in [-0.1, -0.05) is 37.5 Å². The van der Waals surface area contributed by atoms with Gasteiger partial charge in [-0.15, -0.1) is 0 Å². The molecule has 0 amide bonds. The van der Waals surface area contributed by atoms with Crippen LogP contribution in [0, 0.1) is 5.92 Å². The van der Waals surface area contributed by atoms with Crippen molar-refractivity contribution in [1.29, 1.82) is 0 Å². The van der Waals surface area contributed by atoms with Gasteiger partial charge in [0, 0.05) is 18.5 Å². The smallest absolute Gasteiger partial charge is 0.0706 e. The third-order valence-corrected chi connectivity index (χ3v) is 4.51. The molecule has 19 heavy (non-hydrogen) atoms. The topological polar surface area (TPSA) is 43.8 Å². The van der Waals surface area contributed by atoms with Gasteiger partial charge in [-0.3, -0.25) is 4.68 Å². The number of nitrogens with two attached hydrogens (primary N) is 1. The molecule has 1 aromatic carbocycles. The van der Waals surface area contributed by atoms with Gasteiger partial charge in [-0.2, -0.15) is 5.10 Å². The fourth-order valence-electron chi connectivity index (χ4n) is 3.35. The van der Waals surface area contributed by atoms with Gasteiger partial charge in [0.05, 0.1) is 11.2 Å². The molecule has 0 spiro atoms. The molecule has 3 heteroatoms. The fraction of sp³-hybridized carbons (Fsp3) is 0.562. The minimum atomic E-state index is 0.350. The summed E-state index contributed by atoms with van der Waals surface area (Å²) in [6.45, 7) is 0. The zero-order valence-electron chi connectivity index (χ0n) is 11.7. The molecule has 2 N–H and O–H groups in total. The first kappa shape index (κ1) is 12.7. The molecular formula is C16H23N3. The van der Waals surface area contributed by atoms with E-state index in [9.17, 15) is 0 Å². The average molecular weight is 257 g/mol. The Morgan fingerprint density at radius 1 is 1.21 bits per heavy atom. The van der Waals surface area contributed by atoms with E-state index in [0.29, 0.717) is 12.0 Å². The Morgan fingerprint density at radius 3 is 2.89 bits per heavy atom. The van der Waals surface area contributed by atoms with E-state index in [1.165, 1.54) is 48.7 Å². The Bertz CT molecular complexity index is 558. The largest absolute Gasteiger partial charge is 0.327 e. The first-order chi connectivity index (χ1) is 9.25. The molecule has 1 fully saturated rings. The third-order valence-electron chi connectivity index (χ3n) is 4.51. The van der Waals surface area contributed by atoms with Crippen molar-refractivity contribution in [2.24, 2.45) is 18.7 Å². The van der Waals surface area contributed by atoms with Crippen LogP contribution in [0.2, 0.25) is 0 Å². The average Bonchev–Trinajstić information content (AvgIpc) is 2.59. The Balaban J connectivity index is 1.88. The summed E-state index contributed by atoms with van der Waals surface area (Å²) in [4.78, 5) is 0. The highest BCUT2D eigenvalue weighted by atomic mass is 15.3. The van der Waals surface area contributed by atoms with Gasteiger partial charge in [0.15, 0.2) is 0 Å². The molecule has 2 aromatic rings. The number of aromatic nitrogens is 2. The molecule has 0 bridgehead atoms. The van der Waals surface area contributed by atoms with Gasteiger partial charge in [-0.25, -0.2) is 0 Å². The van der Waals surface area contributed by atoms with E-state index in [-0.39, 0.29) is 0 Å². The summed E-state index contributed by atoms with van der Waals surface area (Å²) in [5, 5.41) is 6.00. The maximum absolute atomic E-state index is 6.34. The lowest BCUT2D eigenvalue weighted by molar-refractivity contribution is 0.392. The van der Waals surface area contributed by atoms with Crippen molar-refractivity contribution < 1.29 is 0 Å². The van der Waals surface area contributed by atoms with Crippen LogP contribution in [0.15, 0.2) is 24.3 Å². The predicted molar refractivity (Wildman–Crippen MR) is 79.0 cm³/mol. The fourth-order valence-corrected chi connectivity index (χ4v) is 3.35. The minimum absolute atomic E-state index is 0.350. The van der Waals surface area contributed by atoms with Gasteiger partial charge < -0.3 is 5.73 Å². The summed E-state index contributed by atoms with van der Waals surface area (Å²) in [6, 6.07) is 8.84. The summed E-state index contributed by atoms with van der Waals surface area (Å²) >= 11 is 0. The molecule has 1 aromatic heterocycles. The minimum Gasteiger partial charge on any atom is -0.327 e. The van der Waals surface area contributed by atoms with Crippen LogP contribution in [0.1, 0.15) is 37.8 Å². The molecule has 0 saturated heterocycles. The molecule has 3 nitrogen and oxygen atoms in total. The van der Waals surface area contributed by atoms with Crippen molar-refractivity contribution in [2.75, 3.05) is 0 Å².